The van der Waals surface area contributed by atoms with Crippen molar-refractivity contribution < 1.29 is 58.8 Å². The number of carboxylic acid groups (broad SMARTS) is 3. The number of aliphatic carboxylic acids is 3. The lowest BCUT2D eigenvalue weighted by molar-refractivity contribution is -0.144. The Kier molecular flexibility index (Phi) is 16.8. The number of nitrogens with two attached hydrogens (primary N) is 2. The van der Waals surface area contributed by atoms with E-state index < -0.39 is 104 Å². The van der Waals surface area contributed by atoms with E-state index in [0.29, 0.717) is 0 Å². The molecular weight excluding hydrogens is 570 g/mol. The Hall–Kier alpha value is -5.05. The van der Waals surface area contributed by atoms with E-state index in [4.69, 9.17) is 37.3 Å². The molecule has 0 aromatic rings. The summed E-state index contributed by atoms with van der Waals surface area (Å²) in [5.74, 6) is -9.89. The number of hydrogen-bond donors (Lipinski definition) is 13. The summed E-state index contributed by atoms with van der Waals surface area (Å²) in [5.41, 5.74) is 10.6. The Bertz CT molecular complexity index is 1040. The number of guanidine groups is 1. The van der Waals surface area contributed by atoms with E-state index in [1.807, 2.05) is 10.6 Å². The average Bonchev–Trinajstić information content (AvgIpc) is 2.88. The minimum absolute atomic E-state index is 0.0618. The van der Waals surface area contributed by atoms with E-state index in [2.05, 4.69) is 21.3 Å². The first-order chi connectivity index (χ1) is 19.6. The summed E-state index contributed by atoms with van der Waals surface area (Å²) in [6.07, 6.45) is -1.54. The van der Waals surface area contributed by atoms with Gasteiger partial charge < -0.3 is 63.8 Å². The number of hydrogen-bond acceptors (Lipinski definition) is 11. The third-order valence-electron chi connectivity index (χ3n) is 5.04. The highest BCUT2D eigenvalue weighted by Crippen LogP contribution is 1.99. The van der Waals surface area contributed by atoms with Crippen molar-refractivity contribution in [2.75, 3.05) is 26.2 Å². The molecule has 236 valence electrons. The molecule has 42 heavy (non-hydrogen) atoms. The van der Waals surface area contributed by atoms with Gasteiger partial charge in [0.15, 0.2) is 5.96 Å². The molecule has 0 spiro atoms. The third kappa shape index (κ3) is 16.1. The molecule has 0 radical (unpaired) electrons. The van der Waals surface area contributed by atoms with Gasteiger partial charge in [0.1, 0.15) is 18.1 Å². The Balaban J connectivity index is 5.25. The van der Waals surface area contributed by atoms with Gasteiger partial charge in [-0.25, -0.2) is 4.79 Å². The lowest BCUT2D eigenvalue weighted by Gasteiger charge is -2.21. The van der Waals surface area contributed by atoms with E-state index in [0.717, 1.165) is 0 Å². The third-order valence-corrected chi connectivity index (χ3v) is 5.04. The zero-order valence-corrected chi connectivity index (χ0v) is 22.2. The number of carboxylic acids is 3. The van der Waals surface area contributed by atoms with Gasteiger partial charge in [-0.3, -0.25) is 39.0 Å². The van der Waals surface area contributed by atoms with Gasteiger partial charge in [0.2, 0.25) is 29.5 Å². The van der Waals surface area contributed by atoms with Crippen molar-refractivity contribution in [3.8, 4) is 0 Å². The van der Waals surface area contributed by atoms with Crippen LogP contribution in [0.15, 0.2) is 0 Å². The van der Waals surface area contributed by atoms with Crippen LogP contribution in [-0.2, 0) is 38.4 Å². The Morgan fingerprint density at radius 2 is 1.21 bits per heavy atom. The number of nitrogens with one attached hydrogen (secondary N) is 7. The maximum Gasteiger partial charge on any atom is 0.328 e. The molecule has 0 aromatic carbocycles. The minimum atomic E-state index is -1.77. The van der Waals surface area contributed by atoms with Crippen LogP contribution < -0.4 is 43.4 Å². The number of aliphatic hydroxyl groups excluding tert-OH is 1. The fourth-order valence-corrected chi connectivity index (χ4v) is 3.00. The van der Waals surface area contributed by atoms with Gasteiger partial charge in [0.05, 0.1) is 38.6 Å². The lowest BCUT2D eigenvalue weighted by atomic mass is 10.1. The average molecular weight is 606 g/mol. The number of aliphatic hydroxyl groups is 1. The largest absolute Gasteiger partial charge is 0.481 e. The van der Waals surface area contributed by atoms with E-state index in [9.17, 15) is 38.4 Å². The molecule has 0 aliphatic carbocycles. The number of carbonyl (C=O) groups is 8. The van der Waals surface area contributed by atoms with Crippen molar-refractivity contribution in [2.24, 2.45) is 11.5 Å². The number of amides is 5. The van der Waals surface area contributed by atoms with Crippen LogP contribution in [0.25, 0.3) is 0 Å². The van der Waals surface area contributed by atoms with Gasteiger partial charge in [-0.05, 0) is 12.8 Å². The first-order valence-electron chi connectivity index (χ1n) is 12.1. The highest BCUT2D eigenvalue weighted by Gasteiger charge is 2.29. The molecule has 0 aromatic heterocycles. The molecule has 0 saturated carbocycles. The second-order valence-electron chi connectivity index (χ2n) is 8.54. The second kappa shape index (κ2) is 19.1. The molecule has 0 saturated heterocycles. The Morgan fingerprint density at radius 3 is 1.69 bits per heavy atom. The molecule has 21 heteroatoms. The summed E-state index contributed by atoms with van der Waals surface area (Å²) < 4.78 is 0. The normalized spacial score (nSPS) is 13.2. The molecule has 15 N–H and O–H groups in total. The summed E-state index contributed by atoms with van der Waals surface area (Å²) in [7, 11) is 0. The van der Waals surface area contributed by atoms with Gasteiger partial charge in [0, 0.05) is 6.54 Å². The molecule has 0 aliphatic rings. The van der Waals surface area contributed by atoms with Gasteiger partial charge in [-0.1, -0.05) is 0 Å². The summed E-state index contributed by atoms with van der Waals surface area (Å²) in [4.78, 5) is 94.2. The van der Waals surface area contributed by atoms with Crippen molar-refractivity contribution >= 4 is 53.4 Å². The van der Waals surface area contributed by atoms with Crippen LogP contribution in [-0.4, -0.2) is 124 Å². The SMILES string of the molecule is N=C(N)NCCC[C@H](NC(=O)CNC(=O)[C@@H](N)CC(=O)O)C(=O)NCC(=O)N[C@@H](CC(=O)O)C(=O)N[C@@H](CO)C(=O)O. The lowest BCUT2D eigenvalue weighted by Crippen LogP contribution is -2.55. The van der Waals surface area contributed by atoms with Crippen molar-refractivity contribution in [1.29, 1.82) is 5.41 Å². The fraction of sp³-hybridized carbons (Fsp3) is 0.571. The van der Waals surface area contributed by atoms with Gasteiger partial charge in [-0.2, -0.15) is 0 Å². The molecular formula is C21H35N9O12. The zero-order valence-electron chi connectivity index (χ0n) is 22.2. The van der Waals surface area contributed by atoms with Crippen LogP contribution in [0.2, 0.25) is 0 Å². The van der Waals surface area contributed by atoms with Crippen LogP contribution in [0.4, 0.5) is 0 Å². The molecule has 4 atom stereocenters. The predicted molar refractivity (Wildman–Crippen MR) is 138 cm³/mol. The number of rotatable bonds is 20. The summed E-state index contributed by atoms with van der Waals surface area (Å²) in [5, 5.41) is 55.7. The van der Waals surface area contributed by atoms with Crippen LogP contribution in [0, 0.1) is 5.41 Å². The molecule has 0 aliphatic heterocycles. The van der Waals surface area contributed by atoms with Crippen molar-refractivity contribution in [3.05, 3.63) is 0 Å². The van der Waals surface area contributed by atoms with E-state index in [-0.39, 0.29) is 25.3 Å². The fourth-order valence-electron chi connectivity index (χ4n) is 3.00. The molecule has 0 rings (SSSR count). The molecule has 0 fully saturated rings. The summed E-state index contributed by atoms with van der Waals surface area (Å²) >= 11 is 0. The molecule has 0 bridgehead atoms. The first kappa shape index (κ1) is 36.9. The van der Waals surface area contributed by atoms with Crippen LogP contribution in [0.5, 0.6) is 0 Å². The van der Waals surface area contributed by atoms with E-state index in [1.54, 1.807) is 0 Å². The van der Waals surface area contributed by atoms with Crippen molar-refractivity contribution in [3.63, 3.8) is 0 Å². The van der Waals surface area contributed by atoms with Gasteiger partial charge >= 0.3 is 17.9 Å². The molecule has 5 amide bonds. The second-order valence-corrected chi connectivity index (χ2v) is 8.54. The Labute approximate surface area is 237 Å². The monoisotopic (exact) mass is 605 g/mol. The maximum absolute atomic E-state index is 12.7. The topological polar surface area (TPSA) is 366 Å². The predicted octanol–water partition coefficient (Wildman–Crippen LogP) is -6.71. The van der Waals surface area contributed by atoms with Crippen molar-refractivity contribution in [2.45, 2.75) is 49.9 Å². The maximum atomic E-state index is 12.7. The molecule has 0 unspecified atom stereocenters. The first-order valence-corrected chi connectivity index (χ1v) is 12.1. The highest BCUT2D eigenvalue weighted by atomic mass is 16.4. The number of carbonyl (C=O) groups excluding carboxylic acids is 5. The molecule has 0 heterocycles. The van der Waals surface area contributed by atoms with Crippen LogP contribution >= 0.6 is 0 Å². The van der Waals surface area contributed by atoms with Crippen molar-refractivity contribution in [1.82, 2.24) is 31.9 Å². The summed E-state index contributed by atoms with van der Waals surface area (Å²) in [6.45, 7) is -2.39. The quantitative estimate of drug-likeness (QED) is 0.0348. The Morgan fingerprint density at radius 1 is 0.690 bits per heavy atom. The summed E-state index contributed by atoms with van der Waals surface area (Å²) in [6, 6.07) is -6.28. The smallest absolute Gasteiger partial charge is 0.328 e. The van der Waals surface area contributed by atoms with E-state index >= 15 is 0 Å². The minimum Gasteiger partial charge on any atom is -0.481 e. The zero-order chi connectivity index (χ0) is 32.4. The van der Waals surface area contributed by atoms with E-state index in [1.165, 1.54) is 0 Å². The standard InChI is InChI=1S/C21H35N9O12/c22-9(4-15(34)35)17(38)26-6-13(32)28-10(2-1-3-25-21(23)24)18(39)27-7-14(33)29-11(5-16(36)37)19(40)30-12(8-31)20(41)42/h9-12,31H,1-8,22H2,(H,26,38)(H,27,39)(H,28,32)(H,29,33)(H,30,40)(H,34,35)(H,36,37)(H,41,42)(H4,23,24,25)/t9-,10-,11-,12-/m0/s1. The highest BCUT2D eigenvalue weighted by molar-refractivity contribution is 5.95. The van der Waals surface area contributed by atoms with Gasteiger partial charge in [-0.15, -0.1) is 0 Å². The van der Waals surface area contributed by atoms with Crippen LogP contribution in [0.3, 0.4) is 0 Å². The van der Waals surface area contributed by atoms with Gasteiger partial charge in [0.25, 0.3) is 0 Å². The van der Waals surface area contributed by atoms with Crippen LogP contribution in [0.1, 0.15) is 25.7 Å². The molecule has 21 nitrogen and oxygen atoms in total.